The molecule has 4 fully saturated rings. The van der Waals surface area contributed by atoms with E-state index in [1.807, 2.05) is 19.1 Å². The molecule has 2 saturated carbocycles. The Hall–Kier alpha value is -0.730. The van der Waals surface area contributed by atoms with Crippen molar-refractivity contribution in [1.82, 2.24) is 25.8 Å². The maximum absolute atomic E-state index is 11.6. The molecule has 1 unspecified atom stereocenters. The van der Waals surface area contributed by atoms with Gasteiger partial charge >= 0.3 is 0 Å². The van der Waals surface area contributed by atoms with E-state index in [1.165, 1.54) is 57.9 Å². The fourth-order valence-electron chi connectivity index (χ4n) is 6.59. The number of likely N-dealkylation sites (tertiary alicyclic amines) is 1. The first-order chi connectivity index (χ1) is 15.5. The molecule has 2 saturated heterocycles. The fraction of sp³-hybridized carbons (Fsp3) is 0.960. The predicted molar refractivity (Wildman–Crippen MR) is 128 cm³/mol. The molecule has 0 aromatic carbocycles. The zero-order chi connectivity index (χ0) is 22.5. The quantitative estimate of drug-likeness (QED) is 0.552. The summed E-state index contributed by atoms with van der Waals surface area (Å²) in [6.45, 7) is 7.35. The Kier molecular flexibility index (Phi) is 8.85. The minimum absolute atomic E-state index is 0.193. The number of hydrogen-bond donors (Lipinski definition) is 3. The van der Waals surface area contributed by atoms with Gasteiger partial charge in [-0.1, -0.05) is 0 Å². The molecule has 7 heteroatoms. The molecule has 32 heavy (non-hydrogen) atoms. The van der Waals surface area contributed by atoms with E-state index in [-0.39, 0.29) is 12.2 Å². The SMILES string of the molecule is COC1CCC(C2CNC(NC3CCC(CN4CCC(N(C)C(C)=O)C4)CC3)NC2)CC1. The molecule has 0 spiro atoms. The Bertz CT molecular complexity index is 581. The number of likely N-dealkylation sites (N-methyl/N-ethyl adjacent to an activating group) is 1. The van der Waals surface area contributed by atoms with Gasteiger partial charge in [-0.3, -0.25) is 20.7 Å². The van der Waals surface area contributed by atoms with Crippen molar-refractivity contribution in [3.8, 4) is 0 Å². The molecule has 2 heterocycles. The van der Waals surface area contributed by atoms with E-state index in [0.29, 0.717) is 18.2 Å². The summed E-state index contributed by atoms with van der Waals surface area (Å²) in [4.78, 5) is 16.2. The van der Waals surface area contributed by atoms with Crippen LogP contribution >= 0.6 is 0 Å². The van der Waals surface area contributed by atoms with Crippen LogP contribution in [0.1, 0.15) is 64.7 Å². The monoisotopic (exact) mass is 449 g/mol. The Balaban J connectivity index is 1.10. The first-order valence-corrected chi connectivity index (χ1v) is 13.2. The maximum Gasteiger partial charge on any atom is 0.219 e. The van der Waals surface area contributed by atoms with Crippen molar-refractivity contribution in [2.24, 2.45) is 17.8 Å². The lowest BCUT2D eigenvalue weighted by atomic mass is 9.78. The lowest BCUT2D eigenvalue weighted by Gasteiger charge is -2.40. The average Bonchev–Trinajstić information content (AvgIpc) is 3.29. The third kappa shape index (κ3) is 6.44. The van der Waals surface area contributed by atoms with Crippen molar-refractivity contribution in [2.45, 2.75) is 89.2 Å². The van der Waals surface area contributed by atoms with Crippen molar-refractivity contribution >= 4 is 5.91 Å². The first-order valence-electron chi connectivity index (χ1n) is 13.2. The Morgan fingerprint density at radius 1 is 1.00 bits per heavy atom. The number of nitrogens with zero attached hydrogens (tertiary/aromatic N) is 2. The van der Waals surface area contributed by atoms with Gasteiger partial charge in [0.25, 0.3) is 0 Å². The molecule has 4 aliphatic rings. The summed E-state index contributed by atoms with van der Waals surface area (Å²) in [5, 5.41) is 11.3. The van der Waals surface area contributed by atoms with Gasteiger partial charge < -0.3 is 14.5 Å². The predicted octanol–water partition coefficient (Wildman–Crippen LogP) is 1.99. The molecule has 2 aliphatic carbocycles. The number of amides is 1. The second kappa shape index (κ2) is 11.6. The molecule has 3 N–H and O–H groups in total. The van der Waals surface area contributed by atoms with Crippen LogP contribution in [0.2, 0.25) is 0 Å². The fourth-order valence-corrected chi connectivity index (χ4v) is 6.59. The summed E-state index contributed by atoms with van der Waals surface area (Å²) < 4.78 is 5.54. The molecular weight excluding hydrogens is 402 g/mol. The van der Waals surface area contributed by atoms with Crippen LogP contribution in [0.15, 0.2) is 0 Å². The normalized spacial score (nSPS) is 39.2. The minimum atomic E-state index is 0.193. The van der Waals surface area contributed by atoms with Crippen LogP contribution in [0.4, 0.5) is 0 Å². The number of rotatable bonds is 7. The summed E-state index contributed by atoms with van der Waals surface area (Å²) in [6.07, 6.45) is 12.2. The number of methoxy groups -OCH3 is 1. The molecule has 0 radical (unpaired) electrons. The van der Waals surface area contributed by atoms with Gasteiger partial charge in [-0.05, 0) is 75.5 Å². The van der Waals surface area contributed by atoms with Crippen molar-refractivity contribution < 1.29 is 9.53 Å². The number of nitrogens with one attached hydrogen (secondary N) is 3. The van der Waals surface area contributed by atoms with E-state index in [0.717, 1.165) is 50.4 Å². The average molecular weight is 450 g/mol. The largest absolute Gasteiger partial charge is 0.381 e. The highest BCUT2D eigenvalue weighted by Crippen LogP contribution is 2.32. The van der Waals surface area contributed by atoms with Crippen LogP contribution in [0.5, 0.6) is 0 Å². The third-order valence-corrected chi connectivity index (χ3v) is 8.94. The Labute approximate surface area is 195 Å². The molecule has 1 amide bonds. The van der Waals surface area contributed by atoms with E-state index < -0.39 is 0 Å². The molecule has 1 atom stereocenters. The molecule has 0 bridgehead atoms. The van der Waals surface area contributed by atoms with Gasteiger partial charge in [-0.15, -0.1) is 0 Å². The van der Waals surface area contributed by atoms with E-state index in [2.05, 4.69) is 20.9 Å². The summed E-state index contributed by atoms with van der Waals surface area (Å²) in [5.41, 5.74) is 0. The highest BCUT2D eigenvalue weighted by atomic mass is 16.5. The van der Waals surface area contributed by atoms with E-state index in [9.17, 15) is 4.79 Å². The second-order valence-electron chi connectivity index (χ2n) is 11.0. The van der Waals surface area contributed by atoms with Gasteiger partial charge in [0.05, 0.1) is 6.10 Å². The molecule has 184 valence electrons. The molecular formula is C25H47N5O2. The Morgan fingerprint density at radius 3 is 2.31 bits per heavy atom. The highest BCUT2D eigenvalue weighted by molar-refractivity contribution is 5.73. The third-order valence-electron chi connectivity index (χ3n) is 8.94. The number of hydrogen-bond acceptors (Lipinski definition) is 6. The summed E-state index contributed by atoms with van der Waals surface area (Å²) >= 11 is 0. The molecule has 2 aliphatic heterocycles. The topological polar surface area (TPSA) is 68.9 Å². The second-order valence-corrected chi connectivity index (χ2v) is 11.0. The van der Waals surface area contributed by atoms with Crippen LogP contribution in [0.25, 0.3) is 0 Å². The summed E-state index contributed by atoms with van der Waals surface area (Å²) in [6, 6.07) is 1.04. The highest BCUT2D eigenvalue weighted by Gasteiger charge is 2.33. The van der Waals surface area contributed by atoms with Gasteiger partial charge in [0.15, 0.2) is 0 Å². The van der Waals surface area contributed by atoms with Crippen LogP contribution in [0.3, 0.4) is 0 Å². The zero-order valence-corrected chi connectivity index (χ0v) is 20.7. The standard InChI is InChI=1S/C25H47N5O2/c1-18(31)29(2)23-12-13-30(17-23)16-19-4-8-22(9-5-19)28-25-26-14-21(15-27-25)20-6-10-24(32-3)11-7-20/h19-28H,4-17H2,1-3H3. The molecule has 0 aromatic heterocycles. The summed E-state index contributed by atoms with van der Waals surface area (Å²) in [5.74, 6) is 2.61. The first kappa shape index (κ1) is 24.4. The van der Waals surface area contributed by atoms with E-state index in [1.54, 1.807) is 6.92 Å². The lowest BCUT2D eigenvalue weighted by molar-refractivity contribution is -0.129. The molecule has 7 nitrogen and oxygen atoms in total. The number of carbonyl (C=O) groups is 1. The minimum Gasteiger partial charge on any atom is -0.381 e. The van der Waals surface area contributed by atoms with Crippen molar-refractivity contribution in [3.63, 3.8) is 0 Å². The van der Waals surface area contributed by atoms with Gasteiger partial charge in [-0.25, -0.2) is 0 Å². The zero-order valence-electron chi connectivity index (χ0n) is 20.7. The smallest absolute Gasteiger partial charge is 0.219 e. The van der Waals surface area contributed by atoms with Crippen molar-refractivity contribution in [1.29, 1.82) is 0 Å². The summed E-state index contributed by atoms with van der Waals surface area (Å²) in [7, 11) is 3.81. The van der Waals surface area contributed by atoms with Crippen molar-refractivity contribution in [2.75, 3.05) is 46.9 Å². The lowest BCUT2D eigenvalue weighted by Crippen LogP contribution is -2.63. The van der Waals surface area contributed by atoms with Gasteiger partial charge in [0, 0.05) is 65.9 Å². The van der Waals surface area contributed by atoms with E-state index >= 15 is 0 Å². The van der Waals surface area contributed by atoms with Crippen LogP contribution in [0, 0.1) is 17.8 Å². The van der Waals surface area contributed by atoms with Crippen LogP contribution < -0.4 is 16.0 Å². The Morgan fingerprint density at radius 2 is 1.69 bits per heavy atom. The van der Waals surface area contributed by atoms with Crippen molar-refractivity contribution in [3.05, 3.63) is 0 Å². The van der Waals surface area contributed by atoms with Gasteiger partial charge in [0.2, 0.25) is 5.91 Å². The van der Waals surface area contributed by atoms with Gasteiger partial charge in [0.1, 0.15) is 6.29 Å². The molecule has 4 rings (SSSR count). The molecule has 0 aromatic rings. The van der Waals surface area contributed by atoms with Crippen LogP contribution in [-0.4, -0.2) is 87.1 Å². The van der Waals surface area contributed by atoms with Gasteiger partial charge in [-0.2, -0.15) is 0 Å². The van der Waals surface area contributed by atoms with Crippen LogP contribution in [-0.2, 0) is 9.53 Å². The maximum atomic E-state index is 11.6. The number of carbonyl (C=O) groups excluding carboxylic acids is 1. The van der Waals surface area contributed by atoms with E-state index in [4.69, 9.17) is 4.74 Å². The number of ether oxygens (including phenoxy) is 1.